The summed E-state index contributed by atoms with van der Waals surface area (Å²) in [6.45, 7) is 4.41. The third-order valence-corrected chi connectivity index (χ3v) is 4.60. The van der Waals surface area contributed by atoms with Gasteiger partial charge in [-0.05, 0) is 56.7 Å². The van der Waals surface area contributed by atoms with Crippen LogP contribution in [0.2, 0.25) is 0 Å². The molecule has 2 rings (SSSR count). The van der Waals surface area contributed by atoms with Gasteiger partial charge in [0.05, 0.1) is 6.20 Å². The van der Waals surface area contributed by atoms with Crippen LogP contribution in [-0.4, -0.2) is 9.78 Å². The molecule has 1 heterocycles. The normalized spacial score (nSPS) is 10.2. The van der Waals surface area contributed by atoms with Gasteiger partial charge in [-0.3, -0.25) is 0 Å². The molecule has 0 aliphatic heterocycles. The summed E-state index contributed by atoms with van der Waals surface area (Å²) in [6, 6.07) is 6.20. The van der Waals surface area contributed by atoms with Crippen molar-refractivity contribution in [2.75, 3.05) is 5.32 Å². The molecule has 88 valence electrons. The second-order valence-corrected chi connectivity index (χ2v) is 5.51. The number of anilines is 1. The topological polar surface area (TPSA) is 29.9 Å². The van der Waals surface area contributed by atoms with Crippen molar-refractivity contribution >= 4 is 50.4 Å². The van der Waals surface area contributed by atoms with Gasteiger partial charge in [0.2, 0.25) is 0 Å². The van der Waals surface area contributed by atoms with Crippen molar-refractivity contribution in [1.82, 2.24) is 9.78 Å². The second-order valence-electron chi connectivity index (χ2n) is 3.49. The lowest BCUT2D eigenvalue weighted by Crippen LogP contribution is -1.98. The number of rotatable bonds is 4. The maximum Gasteiger partial charge on any atom is 0.0543 e. The van der Waals surface area contributed by atoms with Gasteiger partial charge in [0.15, 0.2) is 0 Å². The van der Waals surface area contributed by atoms with Crippen molar-refractivity contribution in [3.05, 3.63) is 50.8 Å². The van der Waals surface area contributed by atoms with E-state index in [1.807, 2.05) is 12.4 Å². The lowest BCUT2D eigenvalue weighted by molar-refractivity contribution is 0.936. The molecular weight excluding hydrogens is 393 g/mol. The molecule has 0 radical (unpaired) electrons. The first-order valence-corrected chi connectivity index (χ1v) is 6.91. The van der Waals surface area contributed by atoms with E-state index < -0.39 is 0 Å². The summed E-state index contributed by atoms with van der Waals surface area (Å²) in [5.74, 6) is 0. The second kappa shape index (κ2) is 5.68. The van der Waals surface area contributed by atoms with E-state index in [4.69, 9.17) is 0 Å². The van der Waals surface area contributed by atoms with E-state index in [-0.39, 0.29) is 0 Å². The van der Waals surface area contributed by atoms with Gasteiger partial charge in [-0.15, -0.1) is 0 Å². The molecule has 0 unspecified atom stereocenters. The largest absolute Gasteiger partial charge is 0.381 e. The van der Waals surface area contributed by atoms with Crippen molar-refractivity contribution < 1.29 is 0 Å². The molecule has 0 fully saturated rings. The Morgan fingerprint density at radius 3 is 3.00 bits per heavy atom. The van der Waals surface area contributed by atoms with Crippen LogP contribution in [0, 0.1) is 3.57 Å². The number of nitrogens with one attached hydrogen (secondary N) is 1. The highest BCUT2D eigenvalue weighted by molar-refractivity contribution is 14.1. The van der Waals surface area contributed by atoms with Crippen LogP contribution in [0.5, 0.6) is 0 Å². The van der Waals surface area contributed by atoms with Gasteiger partial charge >= 0.3 is 0 Å². The third kappa shape index (κ3) is 3.32. The average molecular weight is 404 g/mol. The number of aromatic nitrogens is 2. The zero-order valence-corrected chi connectivity index (χ0v) is 12.8. The van der Waals surface area contributed by atoms with E-state index in [0.717, 1.165) is 22.3 Å². The van der Waals surface area contributed by atoms with Gasteiger partial charge in [-0.25, -0.2) is 4.68 Å². The van der Waals surface area contributed by atoms with Gasteiger partial charge in [0.25, 0.3) is 0 Å². The summed E-state index contributed by atoms with van der Waals surface area (Å²) >= 11 is 5.80. The molecule has 1 aromatic heterocycles. The monoisotopic (exact) mass is 403 g/mol. The zero-order valence-electron chi connectivity index (χ0n) is 9.03. The van der Waals surface area contributed by atoms with Crippen molar-refractivity contribution in [2.45, 2.75) is 6.54 Å². The van der Waals surface area contributed by atoms with Crippen LogP contribution >= 0.6 is 38.5 Å². The summed E-state index contributed by atoms with van der Waals surface area (Å²) in [6.07, 6.45) is 5.45. The molecule has 0 bridgehead atoms. The van der Waals surface area contributed by atoms with E-state index in [1.165, 1.54) is 3.57 Å². The summed E-state index contributed by atoms with van der Waals surface area (Å²) in [7, 11) is 0. The van der Waals surface area contributed by atoms with Crippen molar-refractivity contribution in [2.24, 2.45) is 0 Å². The fourth-order valence-electron chi connectivity index (χ4n) is 1.38. The number of nitrogens with zero attached hydrogens (tertiary/aromatic N) is 2. The first-order valence-electron chi connectivity index (χ1n) is 5.03. The summed E-state index contributed by atoms with van der Waals surface area (Å²) in [5.41, 5.74) is 2.21. The van der Waals surface area contributed by atoms with E-state index in [0.29, 0.717) is 0 Å². The molecule has 0 spiro atoms. The molecule has 1 N–H and O–H groups in total. The molecule has 0 saturated carbocycles. The third-order valence-electron chi connectivity index (χ3n) is 2.26. The Balaban J connectivity index is 2.01. The van der Waals surface area contributed by atoms with Crippen molar-refractivity contribution in [3.63, 3.8) is 0 Å². The van der Waals surface area contributed by atoms with Crippen LogP contribution < -0.4 is 5.32 Å². The van der Waals surface area contributed by atoms with E-state index in [2.05, 4.69) is 73.7 Å². The quantitative estimate of drug-likeness (QED) is 0.783. The summed E-state index contributed by atoms with van der Waals surface area (Å²) in [4.78, 5) is 0. The van der Waals surface area contributed by atoms with Gasteiger partial charge in [0.1, 0.15) is 0 Å². The molecule has 5 heteroatoms. The maximum atomic E-state index is 4.13. The van der Waals surface area contributed by atoms with Gasteiger partial charge in [0, 0.05) is 38.2 Å². The highest BCUT2D eigenvalue weighted by atomic mass is 127. The Labute approximate surface area is 122 Å². The molecule has 0 saturated heterocycles. The lowest BCUT2D eigenvalue weighted by Gasteiger charge is -2.06. The molecule has 0 amide bonds. The Hall–Kier alpha value is -0.820. The fraction of sp³-hybridized carbons (Fsp3) is 0.0833. The zero-order chi connectivity index (χ0) is 12.3. The van der Waals surface area contributed by atoms with Crippen LogP contribution in [-0.2, 0) is 6.54 Å². The smallest absolute Gasteiger partial charge is 0.0543 e. The maximum absolute atomic E-state index is 4.13. The molecule has 1 aromatic carbocycles. The highest BCUT2D eigenvalue weighted by Gasteiger charge is 2.00. The number of benzene rings is 1. The number of halogens is 2. The van der Waals surface area contributed by atoms with Crippen LogP contribution in [0.1, 0.15) is 5.56 Å². The fourth-order valence-corrected chi connectivity index (χ4v) is 2.09. The molecule has 0 atom stereocenters. The molecular formula is C12H11BrIN3. The SMILES string of the molecule is C=Cn1cc(CNc2ccc(I)c(Br)c2)cn1. The minimum absolute atomic E-state index is 0.751. The van der Waals surface area contributed by atoms with E-state index >= 15 is 0 Å². The lowest BCUT2D eigenvalue weighted by atomic mass is 10.3. The van der Waals surface area contributed by atoms with Gasteiger partial charge < -0.3 is 5.32 Å². The first-order chi connectivity index (χ1) is 8.19. The predicted molar refractivity (Wildman–Crippen MR) is 82.8 cm³/mol. The Morgan fingerprint density at radius 1 is 1.53 bits per heavy atom. The summed E-state index contributed by atoms with van der Waals surface area (Å²) in [5, 5.41) is 7.47. The minimum Gasteiger partial charge on any atom is -0.381 e. The van der Waals surface area contributed by atoms with Crippen molar-refractivity contribution in [3.8, 4) is 0 Å². The van der Waals surface area contributed by atoms with E-state index in [9.17, 15) is 0 Å². The predicted octanol–water partition coefficient (Wildman–Crippen LogP) is 3.96. The number of hydrogen-bond acceptors (Lipinski definition) is 2. The Kier molecular flexibility index (Phi) is 4.22. The molecule has 0 aliphatic rings. The minimum atomic E-state index is 0.751. The molecule has 17 heavy (non-hydrogen) atoms. The van der Waals surface area contributed by atoms with Gasteiger partial charge in [-0.2, -0.15) is 5.10 Å². The molecule has 3 nitrogen and oxygen atoms in total. The van der Waals surface area contributed by atoms with Gasteiger partial charge in [-0.1, -0.05) is 6.58 Å². The highest BCUT2D eigenvalue weighted by Crippen LogP contribution is 2.23. The van der Waals surface area contributed by atoms with Crippen LogP contribution in [0.4, 0.5) is 5.69 Å². The average Bonchev–Trinajstić information content (AvgIpc) is 2.79. The van der Waals surface area contributed by atoms with E-state index in [1.54, 1.807) is 10.9 Å². The molecule has 0 aliphatic carbocycles. The van der Waals surface area contributed by atoms with Crippen LogP contribution in [0.15, 0.2) is 41.6 Å². The number of hydrogen-bond donors (Lipinski definition) is 1. The van der Waals surface area contributed by atoms with Crippen molar-refractivity contribution in [1.29, 1.82) is 0 Å². The summed E-state index contributed by atoms with van der Waals surface area (Å²) < 4.78 is 4.00. The molecule has 2 aromatic rings. The first kappa shape index (κ1) is 12.6. The Bertz CT molecular complexity index is 536. The van der Waals surface area contributed by atoms with Crippen LogP contribution in [0.25, 0.3) is 6.20 Å². The van der Waals surface area contributed by atoms with Crippen LogP contribution in [0.3, 0.4) is 0 Å². The standard InChI is InChI=1S/C12H11BrIN3/c1-2-17-8-9(7-16-17)6-15-10-3-4-12(14)11(13)5-10/h2-5,7-8,15H,1,6H2. The Morgan fingerprint density at radius 2 is 2.35 bits per heavy atom.